The SMILES string of the molecule is Cc1cc(C(F)(F)F)ccc1OC1CC2(CCN(C(=O)O)CC2)C1. The van der Waals surface area contributed by atoms with E-state index in [1.807, 2.05) is 0 Å². The predicted molar refractivity (Wildman–Crippen MR) is 81.1 cm³/mol. The van der Waals surface area contributed by atoms with Crippen molar-refractivity contribution < 1.29 is 27.8 Å². The summed E-state index contributed by atoms with van der Waals surface area (Å²) in [5, 5.41) is 8.98. The van der Waals surface area contributed by atoms with Crippen LogP contribution in [0.4, 0.5) is 18.0 Å². The summed E-state index contributed by atoms with van der Waals surface area (Å²) >= 11 is 0. The summed E-state index contributed by atoms with van der Waals surface area (Å²) in [6, 6.07) is 3.54. The Hall–Kier alpha value is -1.92. The number of carboxylic acid groups (broad SMARTS) is 1. The van der Waals surface area contributed by atoms with Gasteiger partial charge in [0.05, 0.1) is 11.7 Å². The maximum Gasteiger partial charge on any atom is 0.416 e. The van der Waals surface area contributed by atoms with E-state index in [2.05, 4.69) is 0 Å². The number of halogens is 3. The van der Waals surface area contributed by atoms with Crippen molar-refractivity contribution in [3.63, 3.8) is 0 Å². The molecule has 1 spiro atoms. The van der Waals surface area contributed by atoms with Crippen molar-refractivity contribution in [2.45, 2.75) is 44.9 Å². The van der Waals surface area contributed by atoms with Crippen LogP contribution in [0.25, 0.3) is 0 Å². The number of carbonyl (C=O) groups is 1. The van der Waals surface area contributed by atoms with E-state index < -0.39 is 17.8 Å². The van der Waals surface area contributed by atoms with Gasteiger partial charge in [0.25, 0.3) is 0 Å². The molecule has 7 heteroatoms. The van der Waals surface area contributed by atoms with Crippen molar-refractivity contribution in [3.05, 3.63) is 29.3 Å². The Morgan fingerprint density at radius 3 is 2.42 bits per heavy atom. The normalized spacial score (nSPS) is 20.8. The number of rotatable bonds is 2. The van der Waals surface area contributed by atoms with Gasteiger partial charge in [-0.05, 0) is 61.8 Å². The van der Waals surface area contributed by atoms with Gasteiger partial charge >= 0.3 is 12.3 Å². The Morgan fingerprint density at radius 1 is 1.29 bits per heavy atom. The molecule has 4 nitrogen and oxygen atoms in total. The number of nitrogens with zero attached hydrogens (tertiary/aromatic N) is 1. The summed E-state index contributed by atoms with van der Waals surface area (Å²) in [6.45, 7) is 2.70. The van der Waals surface area contributed by atoms with Crippen LogP contribution in [-0.4, -0.2) is 35.3 Å². The van der Waals surface area contributed by atoms with Crippen LogP contribution < -0.4 is 4.74 Å². The highest BCUT2D eigenvalue weighted by molar-refractivity contribution is 5.65. The first kappa shape index (κ1) is 16.9. The molecule has 1 saturated heterocycles. The summed E-state index contributed by atoms with van der Waals surface area (Å²) in [4.78, 5) is 12.4. The van der Waals surface area contributed by atoms with E-state index in [1.54, 1.807) is 6.92 Å². The van der Waals surface area contributed by atoms with Gasteiger partial charge in [0.2, 0.25) is 0 Å². The number of benzene rings is 1. The Kier molecular flexibility index (Phi) is 4.13. The monoisotopic (exact) mass is 343 g/mol. The summed E-state index contributed by atoms with van der Waals surface area (Å²) in [5.74, 6) is 0.492. The van der Waals surface area contributed by atoms with Crippen LogP contribution in [0.5, 0.6) is 5.75 Å². The van der Waals surface area contributed by atoms with E-state index in [0.29, 0.717) is 24.4 Å². The van der Waals surface area contributed by atoms with Gasteiger partial charge in [-0.1, -0.05) is 0 Å². The van der Waals surface area contributed by atoms with Crippen LogP contribution in [0.1, 0.15) is 36.8 Å². The van der Waals surface area contributed by atoms with E-state index in [-0.39, 0.29) is 11.5 Å². The van der Waals surface area contributed by atoms with E-state index in [9.17, 15) is 18.0 Å². The second-order valence-corrected chi connectivity index (χ2v) is 6.90. The topological polar surface area (TPSA) is 49.8 Å². The molecule has 1 amide bonds. The molecule has 1 N–H and O–H groups in total. The van der Waals surface area contributed by atoms with Crippen LogP contribution in [0.15, 0.2) is 18.2 Å². The van der Waals surface area contributed by atoms with Gasteiger partial charge in [-0.2, -0.15) is 13.2 Å². The average molecular weight is 343 g/mol. The van der Waals surface area contributed by atoms with Crippen LogP contribution in [0.2, 0.25) is 0 Å². The Morgan fingerprint density at radius 2 is 1.92 bits per heavy atom. The van der Waals surface area contributed by atoms with Crippen LogP contribution >= 0.6 is 0 Å². The summed E-state index contributed by atoms with van der Waals surface area (Å²) in [6.07, 6.45) is -1.91. The maximum absolute atomic E-state index is 12.7. The minimum Gasteiger partial charge on any atom is -0.490 e. The van der Waals surface area contributed by atoms with Crippen LogP contribution in [0, 0.1) is 12.3 Å². The van der Waals surface area contributed by atoms with Crippen molar-refractivity contribution in [1.29, 1.82) is 0 Å². The smallest absolute Gasteiger partial charge is 0.416 e. The molecule has 0 unspecified atom stereocenters. The number of hydrogen-bond donors (Lipinski definition) is 1. The molecule has 0 bridgehead atoms. The molecule has 1 aliphatic carbocycles. The number of likely N-dealkylation sites (tertiary alicyclic amines) is 1. The second-order valence-electron chi connectivity index (χ2n) is 6.90. The molecule has 0 aromatic heterocycles. The van der Waals surface area contributed by atoms with Crippen LogP contribution in [0.3, 0.4) is 0 Å². The van der Waals surface area contributed by atoms with Crippen molar-refractivity contribution in [2.75, 3.05) is 13.1 Å². The van der Waals surface area contributed by atoms with Gasteiger partial charge in [0, 0.05) is 13.1 Å². The predicted octanol–water partition coefficient (Wildman–Crippen LogP) is 4.32. The van der Waals surface area contributed by atoms with Gasteiger partial charge in [0.15, 0.2) is 0 Å². The molecule has 2 fully saturated rings. The fourth-order valence-corrected chi connectivity index (χ4v) is 3.71. The highest BCUT2D eigenvalue weighted by Crippen LogP contribution is 2.50. The van der Waals surface area contributed by atoms with Gasteiger partial charge in [-0.25, -0.2) is 4.79 Å². The fourth-order valence-electron chi connectivity index (χ4n) is 3.71. The van der Waals surface area contributed by atoms with Gasteiger partial charge in [-0.15, -0.1) is 0 Å². The zero-order chi connectivity index (χ0) is 17.5. The third-order valence-electron chi connectivity index (χ3n) is 5.21. The lowest BCUT2D eigenvalue weighted by atomic mass is 9.61. The molecule has 1 heterocycles. The molecule has 1 saturated carbocycles. The molecule has 0 atom stereocenters. The summed E-state index contributed by atoms with van der Waals surface area (Å²) in [7, 11) is 0. The third-order valence-corrected chi connectivity index (χ3v) is 5.21. The second kappa shape index (κ2) is 5.86. The number of hydrogen-bond acceptors (Lipinski definition) is 2. The molecule has 3 rings (SSSR count). The van der Waals surface area contributed by atoms with E-state index in [1.165, 1.54) is 11.0 Å². The molecule has 24 heavy (non-hydrogen) atoms. The maximum atomic E-state index is 12.7. The van der Waals surface area contributed by atoms with E-state index >= 15 is 0 Å². The van der Waals surface area contributed by atoms with Gasteiger partial charge in [-0.3, -0.25) is 0 Å². The Balaban J connectivity index is 1.56. The fraction of sp³-hybridized carbons (Fsp3) is 0.588. The molecule has 0 radical (unpaired) electrons. The summed E-state index contributed by atoms with van der Waals surface area (Å²) < 4.78 is 43.9. The number of alkyl halides is 3. The number of ether oxygens (including phenoxy) is 1. The average Bonchev–Trinajstić information content (AvgIpc) is 2.47. The Labute approximate surface area is 138 Å². The van der Waals surface area contributed by atoms with E-state index in [0.717, 1.165) is 37.8 Å². The lowest BCUT2D eigenvalue weighted by molar-refractivity contribution is -0.137. The van der Waals surface area contributed by atoms with Gasteiger partial charge in [0.1, 0.15) is 5.75 Å². The zero-order valence-electron chi connectivity index (χ0n) is 13.4. The molecule has 132 valence electrons. The first-order chi connectivity index (χ1) is 11.2. The third kappa shape index (κ3) is 3.30. The molecule has 2 aliphatic rings. The molecular weight excluding hydrogens is 323 g/mol. The highest BCUT2D eigenvalue weighted by atomic mass is 19.4. The first-order valence-corrected chi connectivity index (χ1v) is 8.01. The minimum absolute atomic E-state index is 0.00295. The summed E-state index contributed by atoms with van der Waals surface area (Å²) in [5.41, 5.74) is -0.0545. The first-order valence-electron chi connectivity index (χ1n) is 8.01. The lowest BCUT2D eigenvalue weighted by Crippen LogP contribution is -2.51. The van der Waals surface area contributed by atoms with Crippen molar-refractivity contribution in [2.24, 2.45) is 5.41 Å². The molecule has 1 aromatic carbocycles. The molecule has 1 aliphatic heterocycles. The van der Waals surface area contributed by atoms with Crippen LogP contribution in [-0.2, 0) is 6.18 Å². The quantitative estimate of drug-likeness (QED) is 0.870. The van der Waals surface area contributed by atoms with Gasteiger partial charge < -0.3 is 14.7 Å². The largest absolute Gasteiger partial charge is 0.490 e. The van der Waals surface area contributed by atoms with Crippen molar-refractivity contribution in [1.82, 2.24) is 4.90 Å². The minimum atomic E-state index is -4.35. The highest BCUT2D eigenvalue weighted by Gasteiger charge is 2.47. The molecular formula is C17H20F3NO3. The number of aryl methyl sites for hydroxylation is 1. The lowest BCUT2D eigenvalue weighted by Gasteiger charge is -2.51. The Bertz CT molecular complexity index is 628. The zero-order valence-corrected chi connectivity index (χ0v) is 13.4. The standard InChI is InChI=1S/C17H20F3NO3/c1-11-8-12(17(18,19)20)2-3-14(11)24-13-9-16(10-13)4-6-21(7-5-16)15(22)23/h2-3,8,13H,4-7,9-10H2,1H3,(H,22,23). The number of amides is 1. The van der Waals surface area contributed by atoms with Crippen molar-refractivity contribution in [3.8, 4) is 5.75 Å². The van der Waals surface area contributed by atoms with Crippen molar-refractivity contribution >= 4 is 6.09 Å². The number of piperidine rings is 1. The molecule has 1 aromatic rings. The van der Waals surface area contributed by atoms with E-state index in [4.69, 9.17) is 9.84 Å².